The van der Waals surface area contributed by atoms with Crippen molar-refractivity contribution < 1.29 is 0 Å². The molecule has 5 nitrogen and oxygen atoms in total. The van der Waals surface area contributed by atoms with Crippen LogP contribution in [0.3, 0.4) is 0 Å². The molecule has 1 aromatic carbocycles. The molecule has 0 unspecified atom stereocenters. The van der Waals surface area contributed by atoms with Crippen LogP contribution in [0.2, 0.25) is 0 Å². The van der Waals surface area contributed by atoms with Crippen molar-refractivity contribution >= 4 is 47.2 Å². The van der Waals surface area contributed by atoms with Crippen molar-refractivity contribution in [2.24, 2.45) is 0 Å². The van der Waals surface area contributed by atoms with Gasteiger partial charge >= 0.3 is 0 Å². The van der Waals surface area contributed by atoms with Gasteiger partial charge in [-0.2, -0.15) is 0 Å². The third kappa shape index (κ3) is 5.11. The molecule has 0 bridgehead atoms. The first kappa shape index (κ1) is 19.4. The number of fused-ring (bicyclic) bond motifs is 1. The highest BCUT2D eigenvalue weighted by Gasteiger charge is 2.09. The topological polar surface area (TPSA) is 46.0 Å². The monoisotopic (exact) mass is 481 g/mol. The molecule has 3 heterocycles. The summed E-state index contributed by atoms with van der Waals surface area (Å²) in [4.78, 5) is 10.9. The molecule has 1 aliphatic rings. The van der Waals surface area contributed by atoms with Crippen molar-refractivity contribution in [3.63, 3.8) is 0 Å². The molecule has 1 fully saturated rings. The van der Waals surface area contributed by atoms with Crippen LogP contribution in [-0.4, -0.2) is 39.0 Å². The summed E-state index contributed by atoms with van der Waals surface area (Å²) in [5.41, 5.74) is 2.39. The molecule has 2 aromatic heterocycles. The summed E-state index contributed by atoms with van der Waals surface area (Å²) in [6.45, 7) is 3.71. The maximum absolute atomic E-state index is 4.21. The van der Waals surface area contributed by atoms with Gasteiger partial charge in [0.05, 0.1) is 5.39 Å². The number of hydrogen-bond acceptors (Lipinski definition) is 5. The van der Waals surface area contributed by atoms with Crippen molar-refractivity contribution in [3.05, 3.63) is 54.5 Å². The molecule has 26 heavy (non-hydrogen) atoms. The van der Waals surface area contributed by atoms with E-state index in [0.29, 0.717) is 0 Å². The number of likely N-dealkylation sites (tertiary alicyclic amines) is 1. The molecule has 0 radical (unpaired) electrons. The van der Waals surface area contributed by atoms with Crippen LogP contribution in [0.5, 0.6) is 0 Å². The van der Waals surface area contributed by atoms with E-state index >= 15 is 0 Å². The summed E-state index contributed by atoms with van der Waals surface area (Å²) in [5.74, 6) is 0.870. The van der Waals surface area contributed by atoms with Crippen molar-refractivity contribution in [3.8, 4) is 0 Å². The SMILES string of the molecule is CNc1ncnc2c1ccn2SI.c1ccc(CN2CCCCC2)cc1. The van der Waals surface area contributed by atoms with Crippen LogP contribution in [-0.2, 0) is 6.54 Å². The lowest BCUT2D eigenvalue weighted by Crippen LogP contribution is -2.28. The Bertz CT molecular complexity index is 802. The number of aromatic nitrogens is 3. The molecule has 0 atom stereocenters. The van der Waals surface area contributed by atoms with Crippen LogP contribution in [0.4, 0.5) is 5.82 Å². The minimum Gasteiger partial charge on any atom is -0.372 e. The predicted octanol–water partition coefficient (Wildman–Crippen LogP) is 4.99. The van der Waals surface area contributed by atoms with Gasteiger partial charge in [-0.05, 0) is 37.6 Å². The number of hydrogen-bond donors (Lipinski definition) is 1. The third-order valence-corrected chi connectivity index (χ3v) is 6.17. The van der Waals surface area contributed by atoms with Gasteiger partial charge in [0.2, 0.25) is 0 Å². The summed E-state index contributed by atoms with van der Waals surface area (Å²) in [6.07, 6.45) is 7.74. The maximum atomic E-state index is 4.21. The Morgan fingerprint density at radius 3 is 2.54 bits per heavy atom. The van der Waals surface area contributed by atoms with Gasteiger partial charge in [-0.1, -0.05) is 36.8 Å². The zero-order valence-corrected chi connectivity index (χ0v) is 17.9. The summed E-state index contributed by atoms with van der Waals surface area (Å²) < 4.78 is 2.00. The number of nitrogens with one attached hydrogen (secondary N) is 1. The fourth-order valence-electron chi connectivity index (χ4n) is 3.14. The van der Waals surface area contributed by atoms with Crippen LogP contribution in [0.15, 0.2) is 48.9 Å². The Morgan fingerprint density at radius 2 is 1.85 bits per heavy atom. The molecule has 0 saturated carbocycles. The predicted molar refractivity (Wildman–Crippen MR) is 120 cm³/mol. The van der Waals surface area contributed by atoms with Gasteiger partial charge in [0.15, 0.2) is 5.65 Å². The van der Waals surface area contributed by atoms with Crippen molar-refractivity contribution in [2.45, 2.75) is 25.8 Å². The number of benzene rings is 1. The number of halogens is 1. The van der Waals surface area contributed by atoms with Gasteiger partial charge in [-0.25, -0.2) is 9.97 Å². The van der Waals surface area contributed by atoms with Gasteiger partial charge in [0.1, 0.15) is 12.1 Å². The summed E-state index contributed by atoms with van der Waals surface area (Å²) in [7, 11) is 3.45. The first-order valence-electron chi connectivity index (χ1n) is 8.87. The molecule has 1 saturated heterocycles. The van der Waals surface area contributed by atoms with E-state index in [0.717, 1.165) is 23.4 Å². The lowest BCUT2D eigenvalue weighted by atomic mass is 10.1. The van der Waals surface area contributed by atoms with Crippen LogP contribution in [0, 0.1) is 0 Å². The molecular formula is C19H24IN5S. The minimum atomic E-state index is 0.870. The quantitative estimate of drug-likeness (QED) is 0.532. The van der Waals surface area contributed by atoms with Gasteiger partial charge < -0.3 is 5.32 Å². The fraction of sp³-hybridized carbons (Fsp3) is 0.368. The highest BCUT2D eigenvalue weighted by molar-refractivity contribution is 14.2. The van der Waals surface area contributed by atoms with Gasteiger partial charge in [-0.15, -0.1) is 0 Å². The lowest BCUT2D eigenvalue weighted by Gasteiger charge is -2.26. The Kier molecular flexibility index (Phi) is 7.57. The maximum Gasteiger partial charge on any atom is 0.156 e. The van der Waals surface area contributed by atoms with E-state index in [-0.39, 0.29) is 0 Å². The van der Waals surface area contributed by atoms with Crippen LogP contribution < -0.4 is 5.32 Å². The minimum absolute atomic E-state index is 0.870. The molecule has 4 rings (SSSR count). The molecule has 3 aromatic rings. The van der Waals surface area contributed by atoms with Crippen LogP contribution in [0.1, 0.15) is 24.8 Å². The molecule has 1 aliphatic heterocycles. The molecule has 0 aliphatic carbocycles. The second kappa shape index (κ2) is 10.1. The van der Waals surface area contributed by atoms with Crippen molar-refractivity contribution in [2.75, 3.05) is 25.5 Å². The summed E-state index contributed by atoms with van der Waals surface area (Å²) in [6, 6.07) is 12.8. The Hall–Kier alpha value is -1.32. The zero-order valence-electron chi connectivity index (χ0n) is 14.9. The molecule has 1 N–H and O–H groups in total. The Morgan fingerprint density at radius 1 is 1.08 bits per heavy atom. The number of nitrogens with zero attached hydrogens (tertiary/aromatic N) is 4. The normalized spacial score (nSPS) is 14.7. The van der Waals surface area contributed by atoms with Gasteiger partial charge in [-0.3, -0.25) is 8.87 Å². The van der Waals surface area contributed by atoms with Crippen LogP contribution in [0.25, 0.3) is 11.0 Å². The van der Waals surface area contributed by atoms with Gasteiger partial charge in [0.25, 0.3) is 0 Å². The molecular weight excluding hydrogens is 457 g/mol. The highest BCUT2D eigenvalue weighted by Crippen LogP contribution is 2.26. The standard InChI is InChI=1S/C12H17N.C7H7IN4S/c1-3-7-12(8-4-1)11-13-9-5-2-6-10-13;1-9-6-5-2-3-12(13-8)7(5)11-4-10-6/h1,3-4,7-8H,2,5-6,9-11H2;2-4H,1H3,(H,9,10,11). The summed E-state index contributed by atoms with van der Waals surface area (Å²) >= 11 is 2.22. The van der Waals surface area contributed by atoms with E-state index in [1.807, 2.05) is 23.3 Å². The van der Waals surface area contributed by atoms with Crippen LogP contribution >= 0.6 is 30.3 Å². The van der Waals surface area contributed by atoms with E-state index in [4.69, 9.17) is 0 Å². The molecule has 138 valence electrons. The van der Waals surface area contributed by atoms with Crippen molar-refractivity contribution in [1.82, 2.24) is 18.8 Å². The van der Waals surface area contributed by atoms with E-state index < -0.39 is 0 Å². The second-order valence-corrected chi connectivity index (χ2v) is 7.96. The number of rotatable bonds is 4. The summed E-state index contributed by atoms with van der Waals surface area (Å²) in [5, 5.41) is 4.08. The lowest BCUT2D eigenvalue weighted by molar-refractivity contribution is 0.221. The largest absolute Gasteiger partial charge is 0.372 e. The molecule has 0 amide bonds. The number of piperidine rings is 1. The Balaban J connectivity index is 0.000000151. The van der Waals surface area contributed by atoms with E-state index in [2.05, 4.69) is 71.7 Å². The highest BCUT2D eigenvalue weighted by atomic mass is 127. The average Bonchev–Trinajstić information content (AvgIpc) is 3.13. The van der Waals surface area contributed by atoms with E-state index in [1.165, 1.54) is 37.9 Å². The second-order valence-electron chi connectivity index (χ2n) is 6.24. The smallest absolute Gasteiger partial charge is 0.156 e. The molecule has 7 heteroatoms. The van der Waals surface area contributed by atoms with Crippen molar-refractivity contribution in [1.29, 1.82) is 0 Å². The first-order chi connectivity index (χ1) is 12.8. The zero-order chi connectivity index (χ0) is 18.2. The van der Waals surface area contributed by atoms with Gasteiger partial charge in [0, 0.05) is 50.1 Å². The number of anilines is 1. The average molecular weight is 481 g/mol. The fourth-order valence-corrected chi connectivity index (χ4v) is 4.41. The van der Waals surface area contributed by atoms with E-state index in [1.54, 1.807) is 15.4 Å². The third-order valence-electron chi connectivity index (χ3n) is 4.46. The molecule has 0 spiro atoms. The Labute approximate surface area is 171 Å². The van der Waals surface area contributed by atoms with E-state index in [9.17, 15) is 0 Å². The first-order valence-corrected chi connectivity index (χ1v) is 12.2.